The number of carbonyl (C=O) groups excluding carboxylic acids is 2. The summed E-state index contributed by atoms with van der Waals surface area (Å²) in [6, 6.07) is 0. The summed E-state index contributed by atoms with van der Waals surface area (Å²) in [5.74, 6) is 0.134. The number of rotatable bonds is 2. The number of aldehydes is 2. The van der Waals surface area contributed by atoms with E-state index in [1.165, 1.54) is 0 Å². The Labute approximate surface area is 41.5 Å². The molecule has 0 heterocycles. The Balaban J connectivity index is 2.30. The minimum absolute atomic E-state index is 0.0671. The molecule has 0 N–H and O–H groups in total. The maximum atomic E-state index is 9.78. The average molecular weight is 98.1 g/mol. The van der Waals surface area contributed by atoms with Gasteiger partial charge < -0.3 is 9.59 Å². The zero-order valence-electron chi connectivity index (χ0n) is 3.83. The molecule has 0 aromatic heterocycles. The van der Waals surface area contributed by atoms with Crippen LogP contribution in [0.25, 0.3) is 0 Å². The molecule has 0 aliphatic heterocycles. The van der Waals surface area contributed by atoms with Gasteiger partial charge in [-0.25, -0.2) is 0 Å². The lowest BCUT2D eigenvalue weighted by atomic mass is 10.4. The van der Waals surface area contributed by atoms with Gasteiger partial charge in [0, 0.05) is 11.8 Å². The molecule has 1 aliphatic rings. The molecular formula is C5H6O2. The molecule has 0 aromatic rings. The fraction of sp³-hybridized carbons (Fsp3) is 0.600. The van der Waals surface area contributed by atoms with Crippen molar-refractivity contribution in [1.82, 2.24) is 0 Å². The minimum atomic E-state index is 0.0671. The molecule has 38 valence electrons. The smallest absolute Gasteiger partial charge is 0.123 e. The van der Waals surface area contributed by atoms with E-state index in [0.717, 1.165) is 19.0 Å². The second-order valence-electron chi connectivity index (χ2n) is 1.84. The molecule has 2 atom stereocenters. The summed E-state index contributed by atoms with van der Waals surface area (Å²) >= 11 is 0. The Morgan fingerprint density at radius 3 is 1.71 bits per heavy atom. The first-order chi connectivity index (χ1) is 3.38. The van der Waals surface area contributed by atoms with E-state index in [2.05, 4.69) is 0 Å². The van der Waals surface area contributed by atoms with Gasteiger partial charge in [-0.2, -0.15) is 0 Å². The second-order valence-corrected chi connectivity index (χ2v) is 1.84. The van der Waals surface area contributed by atoms with E-state index in [1.807, 2.05) is 0 Å². The standard InChI is InChI=1S/C5H6O2/c6-2-4-1-5(4)3-7/h2-5H,1H2/t4-,5+. The summed E-state index contributed by atoms with van der Waals surface area (Å²) in [5, 5.41) is 0. The van der Waals surface area contributed by atoms with E-state index in [4.69, 9.17) is 0 Å². The molecule has 1 fully saturated rings. The first-order valence-corrected chi connectivity index (χ1v) is 2.29. The van der Waals surface area contributed by atoms with Crippen LogP contribution in [0.15, 0.2) is 0 Å². The topological polar surface area (TPSA) is 34.1 Å². The molecule has 0 aromatic carbocycles. The molecule has 0 bridgehead atoms. The van der Waals surface area contributed by atoms with Crippen LogP contribution in [0, 0.1) is 11.8 Å². The Morgan fingerprint density at radius 1 is 1.14 bits per heavy atom. The van der Waals surface area contributed by atoms with Gasteiger partial charge in [0.25, 0.3) is 0 Å². The fourth-order valence-corrected chi connectivity index (χ4v) is 0.549. The van der Waals surface area contributed by atoms with E-state index in [1.54, 1.807) is 0 Å². The van der Waals surface area contributed by atoms with Crippen molar-refractivity contribution < 1.29 is 9.59 Å². The zero-order chi connectivity index (χ0) is 5.28. The Morgan fingerprint density at radius 2 is 1.57 bits per heavy atom. The first-order valence-electron chi connectivity index (χ1n) is 2.29. The minimum Gasteiger partial charge on any atom is -0.303 e. The lowest BCUT2D eigenvalue weighted by Crippen LogP contribution is -1.81. The van der Waals surface area contributed by atoms with Crippen LogP contribution in [0.1, 0.15) is 6.42 Å². The summed E-state index contributed by atoms with van der Waals surface area (Å²) < 4.78 is 0. The van der Waals surface area contributed by atoms with Crippen LogP contribution in [0.4, 0.5) is 0 Å². The van der Waals surface area contributed by atoms with Gasteiger partial charge in [-0.15, -0.1) is 0 Å². The predicted molar refractivity (Wildman–Crippen MR) is 23.7 cm³/mol. The highest BCUT2D eigenvalue weighted by Crippen LogP contribution is 2.33. The molecule has 7 heavy (non-hydrogen) atoms. The average Bonchev–Trinajstić information content (AvgIpc) is 2.43. The summed E-state index contributed by atoms with van der Waals surface area (Å²) in [6.07, 6.45) is 2.48. The Kier molecular flexibility index (Phi) is 0.929. The summed E-state index contributed by atoms with van der Waals surface area (Å²) in [7, 11) is 0. The largest absolute Gasteiger partial charge is 0.303 e. The Bertz CT molecular complexity index is 86.3. The third kappa shape index (κ3) is 0.683. The van der Waals surface area contributed by atoms with Gasteiger partial charge in [-0.3, -0.25) is 0 Å². The molecule has 0 unspecified atom stereocenters. The van der Waals surface area contributed by atoms with Crippen LogP contribution in [0.2, 0.25) is 0 Å². The highest BCUT2D eigenvalue weighted by atomic mass is 16.1. The predicted octanol–water partition coefficient (Wildman–Crippen LogP) is 0.0203. The van der Waals surface area contributed by atoms with Gasteiger partial charge in [0.05, 0.1) is 0 Å². The Hall–Kier alpha value is -0.660. The maximum absolute atomic E-state index is 9.78. The van der Waals surface area contributed by atoms with Crippen molar-refractivity contribution >= 4 is 12.6 Å². The quantitative estimate of drug-likeness (QED) is 0.456. The van der Waals surface area contributed by atoms with Crippen LogP contribution >= 0.6 is 0 Å². The normalized spacial score (nSPS) is 37.1. The summed E-state index contributed by atoms with van der Waals surface area (Å²) in [6.45, 7) is 0. The molecule has 0 radical (unpaired) electrons. The van der Waals surface area contributed by atoms with Crippen LogP contribution in [-0.4, -0.2) is 12.6 Å². The van der Waals surface area contributed by atoms with E-state index in [-0.39, 0.29) is 11.8 Å². The summed E-state index contributed by atoms with van der Waals surface area (Å²) in [5.41, 5.74) is 0. The van der Waals surface area contributed by atoms with Crippen LogP contribution in [-0.2, 0) is 9.59 Å². The third-order valence-corrected chi connectivity index (χ3v) is 1.24. The van der Waals surface area contributed by atoms with Gasteiger partial charge in [-0.1, -0.05) is 0 Å². The molecule has 1 rings (SSSR count). The molecule has 0 spiro atoms. The molecule has 0 saturated heterocycles. The van der Waals surface area contributed by atoms with Crippen molar-refractivity contribution in [1.29, 1.82) is 0 Å². The number of carbonyl (C=O) groups is 2. The van der Waals surface area contributed by atoms with Gasteiger partial charge in [0.15, 0.2) is 0 Å². The van der Waals surface area contributed by atoms with Crippen molar-refractivity contribution in [2.45, 2.75) is 6.42 Å². The highest BCUT2D eigenvalue weighted by Gasteiger charge is 2.35. The molecule has 1 saturated carbocycles. The molecule has 2 nitrogen and oxygen atoms in total. The SMILES string of the molecule is O=C[C@@H]1C[C@@H]1C=O. The van der Waals surface area contributed by atoms with Crippen molar-refractivity contribution in [2.75, 3.05) is 0 Å². The second kappa shape index (κ2) is 1.45. The molecular weight excluding hydrogens is 92.1 g/mol. The monoisotopic (exact) mass is 98.0 g/mol. The van der Waals surface area contributed by atoms with Gasteiger partial charge >= 0.3 is 0 Å². The lowest BCUT2D eigenvalue weighted by Gasteiger charge is -1.67. The molecule has 0 amide bonds. The van der Waals surface area contributed by atoms with Crippen LogP contribution in [0.5, 0.6) is 0 Å². The van der Waals surface area contributed by atoms with E-state index in [0.29, 0.717) is 0 Å². The van der Waals surface area contributed by atoms with Gasteiger partial charge in [0.2, 0.25) is 0 Å². The van der Waals surface area contributed by atoms with E-state index < -0.39 is 0 Å². The first kappa shape index (κ1) is 4.50. The maximum Gasteiger partial charge on any atom is 0.123 e. The van der Waals surface area contributed by atoms with Crippen molar-refractivity contribution in [3.05, 3.63) is 0 Å². The van der Waals surface area contributed by atoms with Crippen LogP contribution < -0.4 is 0 Å². The van der Waals surface area contributed by atoms with E-state index in [9.17, 15) is 9.59 Å². The lowest BCUT2D eigenvalue weighted by molar-refractivity contribution is -0.112. The van der Waals surface area contributed by atoms with Crippen molar-refractivity contribution in [2.24, 2.45) is 11.8 Å². The zero-order valence-corrected chi connectivity index (χ0v) is 3.83. The fourth-order valence-electron chi connectivity index (χ4n) is 0.549. The van der Waals surface area contributed by atoms with Gasteiger partial charge in [0.1, 0.15) is 12.6 Å². The molecule has 1 aliphatic carbocycles. The van der Waals surface area contributed by atoms with Crippen molar-refractivity contribution in [3.8, 4) is 0 Å². The summed E-state index contributed by atoms with van der Waals surface area (Å²) in [4.78, 5) is 19.6. The number of hydrogen-bond donors (Lipinski definition) is 0. The molecule has 2 heteroatoms. The third-order valence-electron chi connectivity index (χ3n) is 1.24. The van der Waals surface area contributed by atoms with Gasteiger partial charge in [-0.05, 0) is 6.42 Å². The number of hydrogen-bond acceptors (Lipinski definition) is 2. The van der Waals surface area contributed by atoms with E-state index >= 15 is 0 Å². The highest BCUT2D eigenvalue weighted by molar-refractivity contribution is 5.71. The van der Waals surface area contributed by atoms with Crippen LogP contribution in [0.3, 0.4) is 0 Å². The van der Waals surface area contributed by atoms with Crippen molar-refractivity contribution in [3.63, 3.8) is 0 Å².